The number of rotatable bonds is 4. The van der Waals surface area contributed by atoms with Crippen molar-refractivity contribution >= 4 is 11.3 Å². The Hall–Kier alpha value is -1.23. The molecule has 2 rings (SSSR count). The van der Waals surface area contributed by atoms with Gasteiger partial charge in [0.2, 0.25) is 0 Å². The Morgan fingerprint density at radius 2 is 2.24 bits per heavy atom. The summed E-state index contributed by atoms with van der Waals surface area (Å²) in [5, 5.41) is 2.04. The van der Waals surface area contributed by atoms with Crippen molar-refractivity contribution in [3.8, 4) is 0 Å². The van der Waals surface area contributed by atoms with Crippen molar-refractivity contribution in [1.29, 1.82) is 0 Å². The summed E-state index contributed by atoms with van der Waals surface area (Å²) >= 11 is 1.67. The lowest BCUT2D eigenvalue weighted by molar-refractivity contribution is 0.554. The Labute approximate surface area is 104 Å². The van der Waals surface area contributed by atoms with Gasteiger partial charge in [-0.25, -0.2) is 4.39 Å². The lowest BCUT2D eigenvalue weighted by Gasteiger charge is -2.15. The van der Waals surface area contributed by atoms with E-state index in [1.165, 1.54) is 16.5 Å². The highest BCUT2D eigenvalue weighted by Gasteiger charge is 2.14. The zero-order valence-electron chi connectivity index (χ0n) is 9.61. The third kappa shape index (κ3) is 2.91. The molecule has 0 fully saturated rings. The van der Waals surface area contributed by atoms with E-state index in [2.05, 4.69) is 18.4 Å². The number of nitrogens with one attached hydrogen (secondary N) is 1. The molecule has 1 aromatic carbocycles. The van der Waals surface area contributed by atoms with Gasteiger partial charge in [-0.2, -0.15) is 0 Å². The van der Waals surface area contributed by atoms with Gasteiger partial charge in [-0.15, -0.1) is 11.3 Å². The molecule has 1 atom stereocenters. The van der Waals surface area contributed by atoms with Gasteiger partial charge in [0.1, 0.15) is 5.82 Å². The molecule has 17 heavy (non-hydrogen) atoms. The van der Waals surface area contributed by atoms with Gasteiger partial charge in [0.15, 0.2) is 0 Å². The highest BCUT2D eigenvalue weighted by Crippen LogP contribution is 2.26. The fourth-order valence-electron chi connectivity index (χ4n) is 1.87. The average molecular weight is 250 g/mol. The molecule has 0 radical (unpaired) electrons. The predicted octanol–water partition coefficient (Wildman–Crippen LogP) is 2.94. The largest absolute Gasteiger partial charge is 0.271 e. The monoisotopic (exact) mass is 250 g/mol. The molecule has 3 N–H and O–H groups in total. The molecule has 1 heterocycles. The van der Waals surface area contributed by atoms with E-state index in [9.17, 15) is 4.39 Å². The Morgan fingerprint density at radius 3 is 2.82 bits per heavy atom. The predicted molar refractivity (Wildman–Crippen MR) is 69.2 cm³/mol. The molecular formula is C13H15FN2S. The molecule has 1 aromatic heterocycles. The summed E-state index contributed by atoms with van der Waals surface area (Å²) < 4.78 is 13.1. The first kappa shape index (κ1) is 12.2. The van der Waals surface area contributed by atoms with E-state index in [4.69, 9.17) is 5.84 Å². The zero-order valence-corrected chi connectivity index (χ0v) is 10.4. The molecule has 1 unspecified atom stereocenters. The summed E-state index contributed by atoms with van der Waals surface area (Å²) in [6, 6.07) is 8.74. The lowest BCUT2D eigenvalue weighted by atomic mass is 10.0. The van der Waals surface area contributed by atoms with Gasteiger partial charge in [-0.1, -0.05) is 12.1 Å². The van der Waals surface area contributed by atoms with Gasteiger partial charge in [0, 0.05) is 4.88 Å². The summed E-state index contributed by atoms with van der Waals surface area (Å²) in [5.41, 5.74) is 4.96. The summed E-state index contributed by atoms with van der Waals surface area (Å²) in [4.78, 5) is 1.21. The van der Waals surface area contributed by atoms with Crippen LogP contribution in [-0.2, 0) is 6.42 Å². The number of halogens is 1. The molecule has 0 spiro atoms. The molecule has 0 aliphatic rings. The average Bonchev–Trinajstić information content (AvgIpc) is 2.72. The van der Waals surface area contributed by atoms with E-state index in [-0.39, 0.29) is 11.9 Å². The van der Waals surface area contributed by atoms with Crippen LogP contribution in [0.25, 0.3) is 0 Å². The smallest absolute Gasteiger partial charge is 0.123 e. The van der Waals surface area contributed by atoms with Crippen LogP contribution >= 0.6 is 11.3 Å². The topological polar surface area (TPSA) is 38.0 Å². The van der Waals surface area contributed by atoms with Crippen molar-refractivity contribution in [2.24, 2.45) is 5.84 Å². The fraction of sp³-hybridized carbons (Fsp3) is 0.231. The maximum absolute atomic E-state index is 13.1. The number of nitrogens with two attached hydrogens (primary N) is 1. The first-order valence-electron chi connectivity index (χ1n) is 5.45. The Balaban J connectivity index is 2.19. The van der Waals surface area contributed by atoms with Crippen LogP contribution in [0.4, 0.5) is 4.39 Å². The van der Waals surface area contributed by atoms with Gasteiger partial charge in [0.25, 0.3) is 0 Å². The van der Waals surface area contributed by atoms with Crippen molar-refractivity contribution in [3.63, 3.8) is 0 Å². The van der Waals surface area contributed by atoms with Crippen LogP contribution in [0.15, 0.2) is 35.7 Å². The number of aryl methyl sites for hydroxylation is 1. The van der Waals surface area contributed by atoms with Crippen LogP contribution < -0.4 is 11.3 Å². The molecule has 90 valence electrons. The van der Waals surface area contributed by atoms with Crippen LogP contribution in [0, 0.1) is 12.7 Å². The highest BCUT2D eigenvalue weighted by molar-refractivity contribution is 7.10. The van der Waals surface area contributed by atoms with Gasteiger partial charge in [-0.05, 0) is 48.1 Å². The Kier molecular flexibility index (Phi) is 3.89. The molecule has 0 amide bonds. The normalized spacial score (nSPS) is 12.6. The van der Waals surface area contributed by atoms with Crippen LogP contribution in [0.1, 0.15) is 22.0 Å². The number of hydrogen-bond acceptors (Lipinski definition) is 3. The highest BCUT2D eigenvalue weighted by atomic mass is 32.1. The Bertz CT molecular complexity index is 496. The van der Waals surface area contributed by atoms with E-state index < -0.39 is 0 Å². The molecule has 0 bridgehead atoms. The summed E-state index contributed by atoms with van der Waals surface area (Å²) in [6.45, 7) is 2.06. The summed E-state index contributed by atoms with van der Waals surface area (Å²) in [5.74, 6) is 5.37. The third-order valence-corrected chi connectivity index (χ3v) is 3.88. The van der Waals surface area contributed by atoms with Gasteiger partial charge >= 0.3 is 0 Å². The molecule has 0 saturated heterocycles. The number of hydrazine groups is 1. The molecule has 0 saturated carbocycles. The number of thiophene rings is 1. The SMILES string of the molecule is Cc1ccsc1C(Cc1cccc(F)c1)NN. The Morgan fingerprint density at radius 1 is 1.41 bits per heavy atom. The fourth-order valence-corrected chi connectivity index (χ4v) is 2.86. The molecule has 2 aromatic rings. The lowest BCUT2D eigenvalue weighted by Crippen LogP contribution is -2.29. The second-order valence-electron chi connectivity index (χ2n) is 4.02. The van der Waals surface area contributed by atoms with Crippen molar-refractivity contribution in [3.05, 3.63) is 57.5 Å². The summed E-state index contributed by atoms with van der Waals surface area (Å²) in [6.07, 6.45) is 0.690. The second kappa shape index (κ2) is 5.40. The number of benzene rings is 1. The van der Waals surface area contributed by atoms with Crippen LogP contribution in [-0.4, -0.2) is 0 Å². The summed E-state index contributed by atoms with van der Waals surface area (Å²) in [7, 11) is 0. The molecule has 4 heteroatoms. The second-order valence-corrected chi connectivity index (χ2v) is 4.97. The van der Waals surface area contributed by atoms with Gasteiger partial charge < -0.3 is 0 Å². The van der Waals surface area contributed by atoms with E-state index in [0.29, 0.717) is 6.42 Å². The van der Waals surface area contributed by atoms with E-state index in [1.54, 1.807) is 23.5 Å². The van der Waals surface area contributed by atoms with Gasteiger partial charge in [0.05, 0.1) is 6.04 Å². The molecule has 0 aliphatic heterocycles. The molecular weight excluding hydrogens is 235 g/mol. The van der Waals surface area contributed by atoms with Crippen LogP contribution in [0.5, 0.6) is 0 Å². The number of hydrogen-bond donors (Lipinski definition) is 2. The quantitative estimate of drug-likeness (QED) is 0.647. The van der Waals surface area contributed by atoms with E-state index >= 15 is 0 Å². The third-order valence-electron chi connectivity index (χ3n) is 2.75. The maximum Gasteiger partial charge on any atom is 0.123 e. The first-order valence-corrected chi connectivity index (χ1v) is 6.33. The minimum atomic E-state index is -0.207. The standard InChI is InChI=1S/C13H15FN2S/c1-9-5-6-17-13(9)12(16-15)8-10-3-2-4-11(14)7-10/h2-7,12,16H,8,15H2,1H3. The van der Waals surface area contributed by atoms with Crippen LogP contribution in [0.3, 0.4) is 0 Å². The minimum absolute atomic E-state index is 0.0387. The van der Waals surface area contributed by atoms with Crippen molar-refractivity contribution in [2.45, 2.75) is 19.4 Å². The molecule has 0 aliphatic carbocycles. The first-order chi connectivity index (χ1) is 8.20. The van der Waals surface area contributed by atoms with Gasteiger partial charge in [-0.3, -0.25) is 11.3 Å². The van der Waals surface area contributed by atoms with E-state index in [0.717, 1.165) is 5.56 Å². The van der Waals surface area contributed by atoms with Crippen molar-refractivity contribution in [2.75, 3.05) is 0 Å². The molecule has 2 nitrogen and oxygen atoms in total. The zero-order chi connectivity index (χ0) is 12.3. The minimum Gasteiger partial charge on any atom is -0.271 e. The maximum atomic E-state index is 13.1. The van der Waals surface area contributed by atoms with E-state index in [1.807, 2.05) is 11.4 Å². The van der Waals surface area contributed by atoms with Crippen molar-refractivity contribution < 1.29 is 4.39 Å². The van der Waals surface area contributed by atoms with Crippen molar-refractivity contribution in [1.82, 2.24) is 5.43 Å². The van der Waals surface area contributed by atoms with Crippen LogP contribution in [0.2, 0.25) is 0 Å².